The molecule has 3 aromatic rings. The third kappa shape index (κ3) is 3.16. The standard InChI is InChI=1S/C20H18OS2/c1-23(18-8-4-2-5-9-18,19-10-6-3-7-11-19)20-14-12-17(13-15-20)21-16-22/h2-16H,1H3. The van der Waals surface area contributed by atoms with Gasteiger partial charge in [-0.25, -0.2) is 0 Å². The molecule has 3 heteroatoms. The summed E-state index contributed by atoms with van der Waals surface area (Å²) < 4.78 is 5.28. The van der Waals surface area contributed by atoms with Gasteiger partial charge in [0.05, 0.1) is 0 Å². The zero-order valence-corrected chi connectivity index (χ0v) is 14.5. The van der Waals surface area contributed by atoms with Crippen LogP contribution in [0.5, 0.6) is 5.75 Å². The molecule has 0 aromatic heterocycles. The van der Waals surface area contributed by atoms with Gasteiger partial charge in [-0.2, -0.15) is 10.0 Å². The first-order valence-electron chi connectivity index (χ1n) is 7.34. The summed E-state index contributed by atoms with van der Waals surface area (Å²) in [5, 5.41) is 0. The summed E-state index contributed by atoms with van der Waals surface area (Å²) in [6.45, 7) is 0. The maximum absolute atomic E-state index is 5.28. The second-order valence-electron chi connectivity index (χ2n) is 5.23. The minimum atomic E-state index is -1.30. The molecule has 1 nitrogen and oxygen atoms in total. The predicted octanol–water partition coefficient (Wildman–Crippen LogP) is 5.93. The zero-order valence-electron chi connectivity index (χ0n) is 12.9. The van der Waals surface area contributed by atoms with Gasteiger partial charge in [-0.15, -0.1) is 0 Å². The minimum absolute atomic E-state index is 0.770. The van der Waals surface area contributed by atoms with Crippen LogP contribution in [0.15, 0.2) is 99.6 Å². The molecular weight excluding hydrogens is 320 g/mol. The molecule has 116 valence electrons. The van der Waals surface area contributed by atoms with Gasteiger partial charge >= 0.3 is 0 Å². The highest BCUT2D eigenvalue weighted by molar-refractivity contribution is 8.33. The van der Waals surface area contributed by atoms with Gasteiger partial charge in [0.25, 0.3) is 0 Å². The van der Waals surface area contributed by atoms with E-state index in [4.69, 9.17) is 17.0 Å². The SMILES string of the molecule is CS(c1ccccc1)(c1ccccc1)c1ccc(OC=S)cc1. The molecule has 0 unspecified atom stereocenters. The summed E-state index contributed by atoms with van der Waals surface area (Å²) in [7, 11) is -1.30. The molecule has 0 spiro atoms. The largest absolute Gasteiger partial charge is 0.454 e. The van der Waals surface area contributed by atoms with Crippen molar-refractivity contribution in [2.75, 3.05) is 6.26 Å². The quantitative estimate of drug-likeness (QED) is 0.533. The van der Waals surface area contributed by atoms with E-state index in [1.54, 1.807) is 0 Å². The van der Waals surface area contributed by atoms with Crippen LogP contribution in [0.3, 0.4) is 0 Å². The van der Waals surface area contributed by atoms with Gasteiger partial charge in [-0.3, -0.25) is 0 Å². The Morgan fingerprint density at radius 1 is 0.696 bits per heavy atom. The van der Waals surface area contributed by atoms with E-state index < -0.39 is 10.0 Å². The Hall–Kier alpha value is -2.10. The topological polar surface area (TPSA) is 9.23 Å². The Morgan fingerprint density at radius 2 is 1.13 bits per heavy atom. The van der Waals surface area contributed by atoms with Crippen LogP contribution in [0.4, 0.5) is 0 Å². The van der Waals surface area contributed by atoms with Crippen molar-refractivity contribution in [3.05, 3.63) is 84.9 Å². The van der Waals surface area contributed by atoms with E-state index in [1.165, 1.54) is 20.2 Å². The van der Waals surface area contributed by atoms with Gasteiger partial charge in [0.1, 0.15) is 5.75 Å². The molecule has 0 atom stereocenters. The molecule has 0 amide bonds. The number of thiocarbonyl (C=S) groups is 1. The molecule has 0 saturated carbocycles. The maximum atomic E-state index is 5.28. The zero-order chi connectivity index (χ0) is 16.1. The Labute approximate surface area is 144 Å². The highest BCUT2D eigenvalue weighted by Gasteiger charge is 2.25. The highest BCUT2D eigenvalue weighted by atomic mass is 32.3. The highest BCUT2D eigenvalue weighted by Crippen LogP contribution is 2.65. The number of ether oxygens (including phenoxy) is 1. The third-order valence-electron chi connectivity index (χ3n) is 3.91. The Kier molecular flexibility index (Phi) is 4.79. The van der Waals surface area contributed by atoms with Crippen LogP contribution in [0.25, 0.3) is 0 Å². The first-order chi connectivity index (χ1) is 11.2. The maximum Gasteiger partial charge on any atom is 0.154 e. The molecule has 23 heavy (non-hydrogen) atoms. The molecule has 0 aliphatic heterocycles. The molecule has 0 aliphatic rings. The number of hydrogen-bond donors (Lipinski definition) is 0. The molecule has 3 aromatic carbocycles. The predicted molar refractivity (Wildman–Crippen MR) is 102 cm³/mol. The lowest BCUT2D eigenvalue weighted by molar-refractivity contribution is 0.585. The van der Waals surface area contributed by atoms with E-state index in [0.29, 0.717) is 0 Å². The first kappa shape index (κ1) is 15.8. The average molecular weight is 338 g/mol. The van der Waals surface area contributed by atoms with Crippen molar-refractivity contribution in [3.63, 3.8) is 0 Å². The Balaban J connectivity index is 2.14. The lowest BCUT2D eigenvalue weighted by Gasteiger charge is -2.37. The van der Waals surface area contributed by atoms with E-state index >= 15 is 0 Å². The normalized spacial score (nSPS) is 11.7. The van der Waals surface area contributed by atoms with Crippen molar-refractivity contribution >= 4 is 27.8 Å². The van der Waals surface area contributed by atoms with Crippen molar-refractivity contribution < 1.29 is 4.74 Å². The van der Waals surface area contributed by atoms with Gasteiger partial charge in [0, 0.05) is 0 Å². The molecule has 0 bridgehead atoms. The van der Waals surface area contributed by atoms with E-state index in [-0.39, 0.29) is 0 Å². The molecule has 0 saturated heterocycles. The smallest absolute Gasteiger partial charge is 0.154 e. The van der Waals surface area contributed by atoms with Crippen LogP contribution >= 0.6 is 22.2 Å². The molecule has 0 heterocycles. The molecule has 0 N–H and O–H groups in total. The summed E-state index contributed by atoms with van der Waals surface area (Å²) in [5.41, 5.74) is 1.29. The van der Waals surface area contributed by atoms with Crippen molar-refractivity contribution in [2.45, 2.75) is 14.7 Å². The van der Waals surface area contributed by atoms with Crippen LogP contribution in [0.2, 0.25) is 0 Å². The van der Waals surface area contributed by atoms with Gasteiger partial charge in [-0.1, -0.05) is 36.4 Å². The molecule has 3 rings (SSSR count). The fraction of sp³-hybridized carbons (Fsp3) is 0.0500. The van der Waals surface area contributed by atoms with E-state index in [1.807, 2.05) is 12.1 Å². The van der Waals surface area contributed by atoms with E-state index in [0.717, 1.165) is 5.75 Å². The van der Waals surface area contributed by atoms with Crippen LogP contribution in [0, 0.1) is 0 Å². The number of hydrogen-bond acceptors (Lipinski definition) is 2. The lowest BCUT2D eigenvalue weighted by Crippen LogP contribution is -2.01. The van der Waals surface area contributed by atoms with E-state index in [2.05, 4.69) is 79.1 Å². The number of benzene rings is 3. The number of rotatable bonds is 5. The van der Waals surface area contributed by atoms with Crippen LogP contribution < -0.4 is 4.74 Å². The monoisotopic (exact) mass is 338 g/mol. The lowest BCUT2D eigenvalue weighted by atomic mass is 10.3. The summed E-state index contributed by atoms with van der Waals surface area (Å²) in [6, 6.07) is 29.6. The summed E-state index contributed by atoms with van der Waals surface area (Å²) >= 11 is 4.75. The second kappa shape index (κ2) is 6.99. The van der Waals surface area contributed by atoms with Crippen molar-refractivity contribution in [2.24, 2.45) is 0 Å². The molecule has 0 fully saturated rings. The van der Waals surface area contributed by atoms with Crippen molar-refractivity contribution in [1.82, 2.24) is 0 Å². The summed E-state index contributed by atoms with van der Waals surface area (Å²) in [6.07, 6.45) is 2.34. The summed E-state index contributed by atoms with van der Waals surface area (Å²) in [5.74, 6) is 0.770. The average Bonchev–Trinajstić information content (AvgIpc) is 2.63. The minimum Gasteiger partial charge on any atom is -0.454 e. The Bertz CT molecular complexity index is 728. The summed E-state index contributed by atoms with van der Waals surface area (Å²) in [4.78, 5) is 3.98. The van der Waals surface area contributed by atoms with Crippen LogP contribution in [0.1, 0.15) is 0 Å². The second-order valence-corrected chi connectivity index (χ2v) is 8.67. The Morgan fingerprint density at radius 3 is 1.57 bits per heavy atom. The van der Waals surface area contributed by atoms with Crippen molar-refractivity contribution in [3.8, 4) is 5.75 Å². The van der Waals surface area contributed by atoms with Crippen molar-refractivity contribution in [1.29, 1.82) is 0 Å². The van der Waals surface area contributed by atoms with E-state index in [9.17, 15) is 0 Å². The van der Waals surface area contributed by atoms with Gasteiger partial charge in [0.2, 0.25) is 0 Å². The molecule has 0 aliphatic carbocycles. The first-order valence-corrected chi connectivity index (χ1v) is 9.85. The van der Waals surface area contributed by atoms with Gasteiger partial charge in [0.15, 0.2) is 5.55 Å². The van der Waals surface area contributed by atoms with Gasteiger partial charge in [-0.05, 0) is 81.7 Å². The third-order valence-corrected chi connectivity index (χ3v) is 7.65. The molecular formula is C20H18OS2. The fourth-order valence-electron chi connectivity index (χ4n) is 2.64. The van der Waals surface area contributed by atoms with Crippen LogP contribution in [-0.2, 0) is 0 Å². The fourth-order valence-corrected chi connectivity index (χ4v) is 5.65. The molecule has 0 radical (unpaired) electrons. The van der Waals surface area contributed by atoms with Crippen LogP contribution in [-0.4, -0.2) is 11.8 Å². The van der Waals surface area contributed by atoms with Gasteiger partial charge < -0.3 is 4.74 Å².